The minimum absolute atomic E-state index is 0.0211. The lowest BCUT2D eigenvalue weighted by Crippen LogP contribution is -2.39. The van der Waals surface area contributed by atoms with E-state index in [9.17, 15) is 9.59 Å². The number of benzene rings is 2. The molecule has 1 N–H and O–H groups in total. The first-order chi connectivity index (χ1) is 13.2. The number of nitrogens with zero attached hydrogens (tertiary/aromatic N) is 2. The molecule has 1 saturated heterocycles. The zero-order valence-corrected chi connectivity index (χ0v) is 15.1. The van der Waals surface area contributed by atoms with Crippen molar-refractivity contribution in [3.63, 3.8) is 0 Å². The quantitative estimate of drug-likeness (QED) is 0.724. The summed E-state index contributed by atoms with van der Waals surface area (Å²) in [6.07, 6.45) is 1.94. The number of rotatable bonds is 3. The largest absolute Gasteiger partial charge is 0.465 e. The molecule has 138 valence electrons. The number of para-hydroxylation sites is 2. The summed E-state index contributed by atoms with van der Waals surface area (Å²) in [5.41, 5.74) is 2.99. The molecule has 3 aromatic rings. The topological polar surface area (TPSA) is 75.3 Å². The maximum atomic E-state index is 12.9. The number of likely N-dealkylation sites (tertiary alicyclic amines) is 1. The number of methoxy groups -OCH3 is 1. The molecule has 1 fully saturated rings. The Morgan fingerprint density at radius 3 is 2.59 bits per heavy atom. The van der Waals surface area contributed by atoms with E-state index in [0.29, 0.717) is 17.7 Å². The van der Waals surface area contributed by atoms with Gasteiger partial charge in [0.05, 0.1) is 23.7 Å². The number of imidazole rings is 1. The molecule has 1 atom stereocenters. The summed E-state index contributed by atoms with van der Waals surface area (Å²) in [5, 5.41) is 0. The van der Waals surface area contributed by atoms with Crippen molar-refractivity contribution >= 4 is 22.9 Å². The Labute approximate surface area is 157 Å². The van der Waals surface area contributed by atoms with Gasteiger partial charge in [0.15, 0.2) is 0 Å². The van der Waals surface area contributed by atoms with Crippen LogP contribution in [0.2, 0.25) is 0 Å². The molecule has 0 radical (unpaired) electrons. The van der Waals surface area contributed by atoms with Gasteiger partial charge in [0.1, 0.15) is 5.82 Å². The molecule has 1 aliphatic rings. The summed E-state index contributed by atoms with van der Waals surface area (Å²) in [4.78, 5) is 34.4. The zero-order valence-electron chi connectivity index (χ0n) is 15.1. The summed E-state index contributed by atoms with van der Waals surface area (Å²) < 4.78 is 4.70. The van der Waals surface area contributed by atoms with Crippen molar-refractivity contribution < 1.29 is 14.3 Å². The summed E-state index contributed by atoms with van der Waals surface area (Å²) in [5.74, 6) is 0.711. The van der Waals surface area contributed by atoms with E-state index in [-0.39, 0.29) is 11.8 Å². The van der Waals surface area contributed by atoms with Crippen molar-refractivity contribution in [1.82, 2.24) is 14.9 Å². The molecule has 2 aromatic carbocycles. The van der Waals surface area contributed by atoms with Gasteiger partial charge in [0.2, 0.25) is 0 Å². The molecule has 1 aromatic heterocycles. The molecular formula is C21H21N3O3. The molecule has 0 aliphatic carbocycles. The lowest BCUT2D eigenvalue weighted by molar-refractivity contribution is 0.0599. The van der Waals surface area contributed by atoms with Crippen LogP contribution in [0.5, 0.6) is 0 Å². The van der Waals surface area contributed by atoms with Crippen LogP contribution >= 0.6 is 0 Å². The number of esters is 1. The second-order valence-electron chi connectivity index (χ2n) is 6.80. The van der Waals surface area contributed by atoms with Crippen LogP contribution in [0, 0.1) is 0 Å². The highest BCUT2D eigenvalue weighted by Crippen LogP contribution is 2.27. The molecule has 6 heteroatoms. The van der Waals surface area contributed by atoms with Crippen molar-refractivity contribution in [2.75, 3.05) is 20.2 Å². The predicted molar refractivity (Wildman–Crippen MR) is 102 cm³/mol. The average Bonchev–Trinajstić information content (AvgIpc) is 3.17. The number of piperidine rings is 1. The fraction of sp³-hybridized carbons (Fsp3) is 0.286. The molecule has 0 spiro atoms. The van der Waals surface area contributed by atoms with E-state index in [1.807, 2.05) is 29.2 Å². The van der Waals surface area contributed by atoms with Crippen LogP contribution in [0.15, 0.2) is 48.5 Å². The summed E-state index contributed by atoms with van der Waals surface area (Å²) in [7, 11) is 1.34. The highest BCUT2D eigenvalue weighted by Gasteiger charge is 2.27. The van der Waals surface area contributed by atoms with Crippen LogP contribution in [0.25, 0.3) is 11.0 Å². The van der Waals surface area contributed by atoms with Crippen molar-refractivity contribution in [2.24, 2.45) is 0 Å². The molecule has 4 rings (SSSR count). The predicted octanol–water partition coefficient (Wildman–Crippen LogP) is 3.37. The van der Waals surface area contributed by atoms with Gasteiger partial charge in [-0.2, -0.15) is 0 Å². The number of nitrogens with one attached hydrogen (secondary N) is 1. The lowest BCUT2D eigenvalue weighted by atomic mass is 9.96. The maximum Gasteiger partial charge on any atom is 0.337 e. The Hall–Kier alpha value is -3.15. The number of aromatic nitrogens is 2. The molecule has 1 amide bonds. The normalized spacial score (nSPS) is 17.1. The van der Waals surface area contributed by atoms with Crippen LogP contribution in [-0.4, -0.2) is 46.9 Å². The first kappa shape index (κ1) is 17.3. The van der Waals surface area contributed by atoms with Crippen molar-refractivity contribution in [2.45, 2.75) is 18.8 Å². The third-order valence-electron chi connectivity index (χ3n) is 5.06. The van der Waals surface area contributed by atoms with E-state index in [4.69, 9.17) is 9.72 Å². The number of fused-ring (bicyclic) bond motifs is 1. The monoisotopic (exact) mass is 363 g/mol. The van der Waals surface area contributed by atoms with Gasteiger partial charge < -0.3 is 14.6 Å². The van der Waals surface area contributed by atoms with Gasteiger partial charge in [0, 0.05) is 24.6 Å². The van der Waals surface area contributed by atoms with Gasteiger partial charge >= 0.3 is 5.97 Å². The van der Waals surface area contributed by atoms with Crippen molar-refractivity contribution in [1.29, 1.82) is 0 Å². The van der Waals surface area contributed by atoms with Gasteiger partial charge in [-0.1, -0.05) is 12.1 Å². The maximum absolute atomic E-state index is 12.9. The van der Waals surface area contributed by atoms with Gasteiger partial charge in [-0.25, -0.2) is 9.78 Å². The molecule has 2 heterocycles. The van der Waals surface area contributed by atoms with Crippen LogP contribution in [0.1, 0.15) is 45.3 Å². The van der Waals surface area contributed by atoms with E-state index in [2.05, 4.69) is 4.98 Å². The van der Waals surface area contributed by atoms with Gasteiger partial charge in [0.25, 0.3) is 5.91 Å². The SMILES string of the molecule is COC(=O)c1ccc(C(=O)N2CCC[C@H](c3nc4ccccc4[nH]3)C2)cc1. The lowest BCUT2D eigenvalue weighted by Gasteiger charge is -2.32. The zero-order chi connectivity index (χ0) is 18.8. The number of carbonyl (C=O) groups excluding carboxylic acids is 2. The Morgan fingerprint density at radius 2 is 1.85 bits per heavy atom. The molecule has 0 saturated carbocycles. The van der Waals surface area contributed by atoms with Crippen LogP contribution in [0.4, 0.5) is 0 Å². The van der Waals surface area contributed by atoms with Gasteiger partial charge in [-0.3, -0.25) is 4.79 Å². The number of hydrogen-bond donors (Lipinski definition) is 1. The van der Waals surface area contributed by atoms with Crippen LogP contribution < -0.4 is 0 Å². The van der Waals surface area contributed by atoms with E-state index < -0.39 is 5.97 Å². The fourth-order valence-corrected chi connectivity index (χ4v) is 3.60. The summed E-state index contributed by atoms with van der Waals surface area (Å²) in [6.45, 7) is 1.37. The highest BCUT2D eigenvalue weighted by atomic mass is 16.5. The molecule has 6 nitrogen and oxygen atoms in total. The van der Waals surface area contributed by atoms with Gasteiger partial charge in [-0.05, 0) is 49.2 Å². The Bertz CT molecular complexity index is 945. The van der Waals surface area contributed by atoms with Gasteiger partial charge in [-0.15, -0.1) is 0 Å². The smallest absolute Gasteiger partial charge is 0.337 e. The van der Waals surface area contributed by atoms with Crippen LogP contribution in [-0.2, 0) is 4.74 Å². The Morgan fingerprint density at radius 1 is 1.11 bits per heavy atom. The molecule has 1 aliphatic heterocycles. The summed E-state index contributed by atoms with van der Waals surface area (Å²) in [6, 6.07) is 14.6. The number of amides is 1. The molecular weight excluding hydrogens is 342 g/mol. The van der Waals surface area contributed by atoms with Crippen molar-refractivity contribution in [3.05, 3.63) is 65.5 Å². The molecule has 0 bridgehead atoms. The molecule has 0 unspecified atom stereocenters. The Kier molecular flexibility index (Phi) is 4.62. The first-order valence-corrected chi connectivity index (χ1v) is 9.08. The second kappa shape index (κ2) is 7.23. The minimum atomic E-state index is -0.406. The number of ether oxygens (including phenoxy) is 1. The third-order valence-corrected chi connectivity index (χ3v) is 5.06. The van der Waals surface area contributed by atoms with E-state index in [1.165, 1.54) is 7.11 Å². The number of aromatic amines is 1. The van der Waals surface area contributed by atoms with E-state index in [1.54, 1.807) is 24.3 Å². The second-order valence-corrected chi connectivity index (χ2v) is 6.80. The third kappa shape index (κ3) is 3.43. The average molecular weight is 363 g/mol. The van der Waals surface area contributed by atoms with E-state index >= 15 is 0 Å². The first-order valence-electron chi connectivity index (χ1n) is 9.08. The summed E-state index contributed by atoms with van der Waals surface area (Å²) >= 11 is 0. The number of H-pyrrole nitrogens is 1. The fourth-order valence-electron chi connectivity index (χ4n) is 3.60. The highest BCUT2D eigenvalue weighted by molar-refractivity contribution is 5.96. The minimum Gasteiger partial charge on any atom is -0.465 e. The Balaban J connectivity index is 1.50. The van der Waals surface area contributed by atoms with E-state index in [0.717, 1.165) is 36.2 Å². The van der Waals surface area contributed by atoms with Crippen molar-refractivity contribution in [3.8, 4) is 0 Å². The number of carbonyl (C=O) groups is 2. The van der Waals surface area contributed by atoms with Crippen LogP contribution in [0.3, 0.4) is 0 Å². The molecule has 27 heavy (non-hydrogen) atoms. The standard InChI is InChI=1S/C21H21N3O3/c1-27-21(26)15-10-8-14(9-11-15)20(25)24-12-4-5-16(13-24)19-22-17-6-2-3-7-18(17)23-19/h2-3,6-11,16H,4-5,12-13H2,1H3,(H,22,23)/t16-/m0/s1. The number of hydrogen-bond acceptors (Lipinski definition) is 4.